The molecule has 0 N–H and O–H groups in total. The zero-order valence-corrected chi connectivity index (χ0v) is 13.1. The highest BCUT2D eigenvalue weighted by atomic mass is 79.9. The van der Waals surface area contributed by atoms with Crippen molar-refractivity contribution in [1.82, 2.24) is 4.98 Å². The van der Waals surface area contributed by atoms with Gasteiger partial charge in [-0.05, 0) is 23.8 Å². The van der Waals surface area contributed by atoms with Crippen LogP contribution in [0.25, 0.3) is 10.8 Å². The first-order valence-electron chi connectivity index (χ1n) is 6.64. The van der Waals surface area contributed by atoms with Crippen LogP contribution >= 0.6 is 15.9 Å². The van der Waals surface area contributed by atoms with Crippen LogP contribution in [0.15, 0.2) is 59.2 Å². The van der Waals surface area contributed by atoms with Crippen molar-refractivity contribution in [2.45, 2.75) is 6.54 Å². The van der Waals surface area contributed by atoms with E-state index in [2.05, 4.69) is 33.0 Å². The van der Waals surface area contributed by atoms with Crippen molar-refractivity contribution in [3.05, 3.63) is 70.6 Å². The highest BCUT2D eigenvalue weighted by Crippen LogP contribution is 2.31. The van der Waals surface area contributed by atoms with Crippen molar-refractivity contribution < 1.29 is 4.39 Å². The van der Waals surface area contributed by atoms with Crippen LogP contribution in [-0.4, -0.2) is 12.0 Å². The molecule has 1 heterocycles. The third-order valence-corrected chi connectivity index (χ3v) is 4.05. The SMILES string of the molecule is CN(Cc1ccccc1)c1nccc2c(Br)cc(F)cc12. The molecule has 0 saturated heterocycles. The van der Waals surface area contributed by atoms with Crippen LogP contribution in [0.1, 0.15) is 5.56 Å². The van der Waals surface area contributed by atoms with Gasteiger partial charge in [0.25, 0.3) is 0 Å². The molecular formula is C17H14BrFN2. The highest BCUT2D eigenvalue weighted by molar-refractivity contribution is 9.10. The van der Waals surface area contributed by atoms with Crippen molar-refractivity contribution in [3.63, 3.8) is 0 Å². The van der Waals surface area contributed by atoms with Gasteiger partial charge in [0.2, 0.25) is 0 Å². The fourth-order valence-corrected chi connectivity index (χ4v) is 2.99. The molecule has 0 unspecified atom stereocenters. The molecule has 0 aliphatic carbocycles. The van der Waals surface area contributed by atoms with E-state index in [0.717, 1.165) is 27.6 Å². The van der Waals surface area contributed by atoms with E-state index in [1.54, 1.807) is 6.20 Å². The summed E-state index contributed by atoms with van der Waals surface area (Å²) in [4.78, 5) is 6.45. The first-order valence-corrected chi connectivity index (χ1v) is 7.43. The Morgan fingerprint density at radius 2 is 1.86 bits per heavy atom. The van der Waals surface area contributed by atoms with E-state index in [-0.39, 0.29) is 5.82 Å². The van der Waals surface area contributed by atoms with Crippen LogP contribution in [0, 0.1) is 5.82 Å². The molecule has 0 bridgehead atoms. The van der Waals surface area contributed by atoms with Gasteiger partial charge in [0.05, 0.1) is 0 Å². The van der Waals surface area contributed by atoms with E-state index in [4.69, 9.17) is 0 Å². The summed E-state index contributed by atoms with van der Waals surface area (Å²) in [5, 5.41) is 1.77. The van der Waals surface area contributed by atoms with Gasteiger partial charge in [-0.25, -0.2) is 9.37 Å². The minimum atomic E-state index is -0.267. The summed E-state index contributed by atoms with van der Waals surface area (Å²) >= 11 is 3.41. The lowest BCUT2D eigenvalue weighted by molar-refractivity contribution is 0.629. The van der Waals surface area contributed by atoms with E-state index in [1.165, 1.54) is 17.7 Å². The molecule has 4 heteroatoms. The Hall–Kier alpha value is -1.94. The van der Waals surface area contributed by atoms with E-state index in [1.807, 2.05) is 36.2 Å². The smallest absolute Gasteiger partial charge is 0.136 e. The molecule has 0 spiro atoms. The molecule has 1 aromatic heterocycles. The zero-order valence-electron chi connectivity index (χ0n) is 11.6. The predicted molar refractivity (Wildman–Crippen MR) is 88.0 cm³/mol. The van der Waals surface area contributed by atoms with Crippen LogP contribution < -0.4 is 4.90 Å². The summed E-state index contributed by atoms with van der Waals surface area (Å²) in [7, 11) is 1.97. The maximum atomic E-state index is 13.7. The van der Waals surface area contributed by atoms with E-state index >= 15 is 0 Å². The Kier molecular flexibility index (Phi) is 3.88. The van der Waals surface area contributed by atoms with Gasteiger partial charge >= 0.3 is 0 Å². The lowest BCUT2D eigenvalue weighted by Crippen LogP contribution is -2.18. The van der Waals surface area contributed by atoms with Crippen LogP contribution in [-0.2, 0) is 6.54 Å². The number of pyridine rings is 1. The summed E-state index contributed by atoms with van der Waals surface area (Å²) in [6, 6.07) is 15.0. The van der Waals surface area contributed by atoms with E-state index < -0.39 is 0 Å². The number of hydrogen-bond acceptors (Lipinski definition) is 2. The number of nitrogens with zero attached hydrogens (tertiary/aromatic N) is 2. The molecular weight excluding hydrogens is 331 g/mol. The maximum Gasteiger partial charge on any atom is 0.136 e. The zero-order chi connectivity index (χ0) is 14.8. The second kappa shape index (κ2) is 5.82. The number of benzene rings is 2. The Morgan fingerprint density at radius 3 is 2.62 bits per heavy atom. The molecule has 0 amide bonds. The second-order valence-electron chi connectivity index (χ2n) is 4.96. The van der Waals surface area contributed by atoms with Gasteiger partial charge in [-0.1, -0.05) is 46.3 Å². The van der Waals surface area contributed by atoms with Gasteiger partial charge in [-0.2, -0.15) is 0 Å². The maximum absolute atomic E-state index is 13.7. The highest BCUT2D eigenvalue weighted by Gasteiger charge is 2.11. The van der Waals surface area contributed by atoms with E-state index in [9.17, 15) is 4.39 Å². The quantitative estimate of drug-likeness (QED) is 0.680. The molecule has 0 radical (unpaired) electrons. The van der Waals surface area contributed by atoms with E-state index in [0.29, 0.717) is 0 Å². The normalized spacial score (nSPS) is 10.8. The lowest BCUT2D eigenvalue weighted by atomic mass is 10.1. The van der Waals surface area contributed by atoms with Crippen molar-refractivity contribution in [3.8, 4) is 0 Å². The molecule has 2 aromatic carbocycles. The molecule has 0 aliphatic rings. The van der Waals surface area contributed by atoms with Gasteiger partial charge in [0.15, 0.2) is 0 Å². The standard InChI is InChI=1S/C17H14BrFN2/c1-21(11-12-5-3-2-4-6-12)17-15-9-13(19)10-16(18)14(15)7-8-20-17/h2-10H,11H2,1H3. The van der Waals surface area contributed by atoms with Crippen LogP contribution in [0.4, 0.5) is 10.2 Å². The van der Waals surface area contributed by atoms with Gasteiger partial charge in [-0.3, -0.25) is 0 Å². The minimum absolute atomic E-state index is 0.267. The number of rotatable bonds is 3. The minimum Gasteiger partial charge on any atom is -0.355 e. The van der Waals surface area contributed by atoms with Gasteiger partial charge in [-0.15, -0.1) is 0 Å². The molecule has 21 heavy (non-hydrogen) atoms. The van der Waals surface area contributed by atoms with Crippen LogP contribution in [0.2, 0.25) is 0 Å². The van der Waals surface area contributed by atoms with Crippen LogP contribution in [0.5, 0.6) is 0 Å². The fourth-order valence-electron chi connectivity index (χ4n) is 2.43. The molecule has 0 fully saturated rings. The Bertz CT molecular complexity index is 774. The summed E-state index contributed by atoms with van der Waals surface area (Å²) in [5.74, 6) is 0.508. The first kappa shape index (κ1) is 14.0. The number of fused-ring (bicyclic) bond motifs is 1. The molecule has 0 atom stereocenters. The molecule has 2 nitrogen and oxygen atoms in total. The number of aromatic nitrogens is 1. The number of halogens is 2. The average molecular weight is 345 g/mol. The molecule has 3 rings (SSSR count). The largest absolute Gasteiger partial charge is 0.355 e. The Balaban J connectivity index is 2.04. The summed E-state index contributed by atoms with van der Waals surface area (Å²) in [6.07, 6.45) is 1.75. The molecule has 3 aromatic rings. The number of anilines is 1. The first-order chi connectivity index (χ1) is 10.1. The lowest BCUT2D eigenvalue weighted by Gasteiger charge is -2.20. The number of hydrogen-bond donors (Lipinski definition) is 0. The second-order valence-corrected chi connectivity index (χ2v) is 5.81. The molecule has 0 aliphatic heterocycles. The van der Waals surface area contributed by atoms with Crippen molar-refractivity contribution in [2.24, 2.45) is 0 Å². The van der Waals surface area contributed by atoms with Crippen LogP contribution in [0.3, 0.4) is 0 Å². The summed E-state index contributed by atoms with van der Waals surface area (Å²) in [5.41, 5.74) is 1.19. The predicted octanol–water partition coefficient (Wildman–Crippen LogP) is 4.77. The average Bonchev–Trinajstić information content (AvgIpc) is 2.47. The topological polar surface area (TPSA) is 16.1 Å². The Morgan fingerprint density at radius 1 is 1.10 bits per heavy atom. The van der Waals surface area contributed by atoms with Crippen molar-refractivity contribution >= 4 is 32.5 Å². The Labute approximate surface area is 131 Å². The summed E-state index contributed by atoms with van der Waals surface area (Å²) < 4.78 is 14.4. The van der Waals surface area contributed by atoms with Gasteiger partial charge < -0.3 is 4.90 Å². The van der Waals surface area contributed by atoms with Crippen molar-refractivity contribution in [1.29, 1.82) is 0 Å². The third kappa shape index (κ3) is 2.90. The third-order valence-electron chi connectivity index (χ3n) is 3.40. The van der Waals surface area contributed by atoms with Gasteiger partial charge in [0, 0.05) is 35.0 Å². The summed E-state index contributed by atoms with van der Waals surface area (Å²) in [6.45, 7) is 0.723. The monoisotopic (exact) mass is 344 g/mol. The fraction of sp³-hybridized carbons (Fsp3) is 0.118. The van der Waals surface area contributed by atoms with Gasteiger partial charge in [0.1, 0.15) is 11.6 Å². The molecule has 0 saturated carbocycles. The van der Waals surface area contributed by atoms with Crippen molar-refractivity contribution in [2.75, 3.05) is 11.9 Å². The molecule has 106 valence electrons.